The fraction of sp³-hybridized carbons (Fsp3) is 0.368. The first-order valence-electron chi connectivity index (χ1n) is 8.02. The third kappa shape index (κ3) is 4.70. The van der Waals surface area contributed by atoms with Crippen molar-refractivity contribution < 1.29 is 13.9 Å². The van der Waals surface area contributed by atoms with Gasteiger partial charge in [-0.1, -0.05) is 18.2 Å². The molecule has 0 radical (unpaired) electrons. The molecule has 0 saturated carbocycles. The van der Waals surface area contributed by atoms with Crippen LogP contribution in [0.4, 0.5) is 4.39 Å². The van der Waals surface area contributed by atoms with Crippen LogP contribution in [-0.4, -0.2) is 19.8 Å². The van der Waals surface area contributed by atoms with Crippen LogP contribution in [-0.2, 0) is 6.42 Å². The average molecular weight is 317 g/mol. The van der Waals surface area contributed by atoms with Gasteiger partial charge in [0.2, 0.25) is 0 Å². The number of nitrogens with two attached hydrogens (primary N) is 1. The zero-order chi connectivity index (χ0) is 16.7. The van der Waals surface area contributed by atoms with E-state index in [-0.39, 0.29) is 11.7 Å². The summed E-state index contributed by atoms with van der Waals surface area (Å²) in [6, 6.07) is 12.5. The van der Waals surface area contributed by atoms with Gasteiger partial charge in [0.05, 0.1) is 13.2 Å². The molecule has 0 fully saturated rings. The van der Waals surface area contributed by atoms with E-state index < -0.39 is 0 Å². The van der Waals surface area contributed by atoms with E-state index >= 15 is 0 Å². The van der Waals surface area contributed by atoms with E-state index in [2.05, 4.69) is 0 Å². The van der Waals surface area contributed by atoms with Gasteiger partial charge in [-0.3, -0.25) is 0 Å². The Bertz CT molecular complexity index is 631. The third-order valence-corrected chi connectivity index (χ3v) is 3.69. The van der Waals surface area contributed by atoms with E-state index in [1.54, 1.807) is 12.1 Å². The summed E-state index contributed by atoms with van der Waals surface area (Å²) < 4.78 is 24.7. The number of benzene rings is 2. The maximum atomic E-state index is 13.4. The number of rotatable bonds is 8. The maximum Gasteiger partial charge on any atom is 0.161 e. The molecule has 4 heteroatoms. The van der Waals surface area contributed by atoms with Crippen LogP contribution < -0.4 is 15.2 Å². The molecule has 0 aliphatic heterocycles. The van der Waals surface area contributed by atoms with E-state index in [1.165, 1.54) is 6.07 Å². The van der Waals surface area contributed by atoms with Crippen LogP contribution in [0.15, 0.2) is 42.5 Å². The average Bonchev–Trinajstić information content (AvgIpc) is 2.55. The summed E-state index contributed by atoms with van der Waals surface area (Å²) in [5.74, 6) is 1.32. The van der Waals surface area contributed by atoms with E-state index in [0.29, 0.717) is 19.8 Å². The first kappa shape index (κ1) is 17.3. The number of halogens is 1. The standard InChI is InChI=1S/C19H24FNO2/c1-3-22-18-9-8-14(11-19(18)23-4-2)10-16(13-21)15-6-5-7-17(20)12-15/h5-9,11-12,16H,3-4,10,13,21H2,1-2H3. The Balaban J connectivity index is 2.21. The van der Waals surface area contributed by atoms with Gasteiger partial charge in [-0.25, -0.2) is 4.39 Å². The minimum Gasteiger partial charge on any atom is -0.490 e. The molecule has 0 heterocycles. The summed E-state index contributed by atoms with van der Waals surface area (Å²) >= 11 is 0. The number of hydrogen-bond donors (Lipinski definition) is 1. The first-order valence-corrected chi connectivity index (χ1v) is 8.02. The molecule has 1 atom stereocenters. The van der Waals surface area contributed by atoms with Gasteiger partial charge in [0, 0.05) is 5.92 Å². The molecule has 23 heavy (non-hydrogen) atoms. The van der Waals surface area contributed by atoms with Crippen molar-refractivity contribution in [2.75, 3.05) is 19.8 Å². The first-order chi connectivity index (χ1) is 11.2. The minimum absolute atomic E-state index is 0.0677. The molecule has 2 aromatic rings. The summed E-state index contributed by atoms with van der Waals surface area (Å²) in [7, 11) is 0. The van der Waals surface area contributed by atoms with Crippen molar-refractivity contribution in [3.05, 3.63) is 59.4 Å². The van der Waals surface area contributed by atoms with Crippen LogP contribution in [0, 0.1) is 5.82 Å². The molecule has 0 aliphatic rings. The van der Waals surface area contributed by atoms with Crippen LogP contribution in [0.1, 0.15) is 30.9 Å². The molecular formula is C19H24FNO2. The highest BCUT2D eigenvalue weighted by Gasteiger charge is 2.13. The Hall–Kier alpha value is -2.07. The smallest absolute Gasteiger partial charge is 0.161 e. The van der Waals surface area contributed by atoms with Crippen LogP contribution in [0.5, 0.6) is 11.5 Å². The van der Waals surface area contributed by atoms with Gasteiger partial charge in [-0.15, -0.1) is 0 Å². The largest absolute Gasteiger partial charge is 0.490 e. The van der Waals surface area contributed by atoms with Gasteiger partial charge in [-0.05, 0) is 62.2 Å². The number of hydrogen-bond acceptors (Lipinski definition) is 3. The van der Waals surface area contributed by atoms with Crippen molar-refractivity contribution in [2.45, 2.75) is 26.2 Å². The van der Waals surface area contributed by atoms with Crippen LogP contribution in [0.2, 0.25) is 0 Å². The predicted octanol–water partition coefficient (Wildman–Crippen LogP) is 3.91. The van der Waals surface area contributed by atoms with Crippen molar-refractivity contribution in [1.82, 2.24) is 0 Å². The lowest BCUT2D eigenvalue weighted by atomic mass is 9.92. The summed E-state index contributed by atoms with van der Waals surface area (Å²) in [5, 5.41) is 0. The second-order valence-corrected chi connectivity index (χ2v) is 5.34. The fourth-order valence-corrected chi connectivity index (χ4v) is 2.60. The highest BCUT2D eigenvalue weighted by Crippen LogP contribution is 2.30. The van der Waals surface area contributed by atoms with Crippen molar-refractivity contribution in [3.8, 4) is 11.5 Å². The van der Waals surface area contributed by atoms with E-state index in [0.717, 1.165) is 29.0 Å². The van der Waals surface area contributed by atoms with Crippen molar-refractivity contribution >= 4 is 0 Å². The fourth-order valence-electron chi connectivity index (χ4n) is 2.60. The van der Waals surface area contributed by atoms with Gasteiger partial charge in [0.25, 0.3) is 0 Å². The molecule has 0 aromatic heterocycles. The summed E-state index contributed by atoms with van der Waals surface area (Å²) in [5.41, 5.74) is 7.91. The van der Waals surface area contributed by atoms with Gasteiger partial charge in [0.15, 0.2) is 11.5 Å². The minimum atomic E-state index is -0.234. The van der Waals surface area contributed by atoms with Crippen LogP contribution in [0.3, 0.4) is 0 Å². The van der Waals surface area contributed by atoms with Gasteiger partial charge >= 0.3 is 0 Å². The summed E-state index contributed by atoms with van der Waals surface area (Å²) in [6.45, 7) is 5.51. The SMILES string of the molecule is CCOc1ccc(CC(CN)c2cccc(F)c2)cc1OCC. The molecule has 124 valence electrons. The lowest BCUT2D eigenvalue weighted by Gasteiger charge is -2.17. The molecule has 0 spiro atoms. The highest BCUT2D eigenvalue weighted by atomic mass is 19.1. The molecule has 0 saturated heterocycles. The molecular weight excluding hydrogens is 293 g/mol. The zero-order valence-electron chi connectivity index (χ0n) is 13.7. The van der Waals surface area contributed by atoms with Gasteiger partial charge in [0.1, 0.15) is 5.82 Å². The molecule has 0 aliphatic carbocycles. The molecule has 2 rings (SSSR count). The monoisotopic (exact) mass is 317 g/mol. The summed E-state index contributed by atoms with van der Waals surface area (Å²) in [4.78, 5) is 0. The Labute approximate surface area is 137 Å². The Morgan fingerprint density at radius 2 is 1.74 bits per heavy atom. The topological polar surface area (TPSA) is 44.5 Å². The second kappa shape index (κ2) is 8.53. The Morgan fingerprint density at radius 3 is 2.39 bits per heavy atom. The maximum absolute atomic E-state index is 13.4. The zero-order valence-corrected chi connectivity index (χ0v) is 13.7. The van der Waals surface area contributed by atoms with Crippen molar-refractivity contribution in [2.24, 2.45) is 5.73 Å². The Kier molecular flexibility index (Phi) is 6.41. The van der Waals surface area contributed by atoms with E-state index in [1.807, 2.05) is 38.1 Å². The number of ether oxygens (including phenoxy) is 2. The van der Waals surface area contributed by atoms with Crippen LogP contribution in [0.25, 0.3) is 0 Å². The Morgan fingerprint density at radius 1 is 1.00 bits per heavy atom. The van der Waals surface area contributed by atoms with Crippen LogP contribution >= 0.6 is 0 Å². The predicted molar refractivity (Wildman–Crippen MR) is 90.7 cm³/mol. The quantitative estimate of drug-likeness (QED) is 0.803. The lowest BCUT2D eigenvalue weighted by Crippen LogP contribution is -2.15. The molecule has 2 N–H and O–H groups in total. The molecule has 3 nitrogen and oxygen atoms in total. The normalized spacial score (nSPS) is 12.0. The summed E-state index contributed by atoms with van der Waals surface area (Å²) in [6.07, 6.45) is 0.729. The molecule has 0 bridgehead atoms. The van der Waals surface area contributed by atoms with E-state index in [4.69, 9.17) is 15.2 Å². The lowest BCUT2D eigenvalue weighted by molar-refractivity contribution is 0.287. The van der Waals surface area contributed by atoms with Crippen molar-refractivity contribution in [1.29, 1.82) is 0 Å². The molecule has 1 unspecified atom stereocenters. The van der Waals surface area contributed by atoms with Gasteiger partial charge in [-0.2, -0.15) is 0 Å². The van der Waals surface area contributed by atoms with E-state index in [9.17, 15) is 4.39 Å². The highest BCUT2D eigenvalue weighted by molar-refractivity contribution is 5.43. The van der Waals surface area contributed by atoms with Gasteiger partial charge < -0.3 is 15.2 Å². The molecule has 0 amide bonds. The molecule has 2 aromatic carbocycles. The second-order valence-electron chi connectivity index (χ2n) is 5.34. The third-order valence-electron chi connectivity index (χ3n) is 3.69. The van der Waals surface area contributed by atoms with Crippen molar-refractivity contribution in [3.63, 3.8) is 0 Å².